The third-order valence-corrected chi connectivity index (χ3v) is 14.6. The molecule has 0 saturated carbocycles. The minimum atomic E-state index is -1.25. The first kappa shape index (κ1) is 64.3. The van der Waals surface area contributed by atoms with Gasteiger partial charge in [-0.15, -0.1) is 0 Å². The van der Waals surface area contributed by atoms with E-state index < -0.39 is 36.9 Å². The SMILES string of the molecule is CCCCCCCCCCCCCCCCCCCCCCCCCCCCCC(O)C(=O)NC(CO)C(O)C(O)CCCCCCCCCCCCCCCCCCCCCCCC. The van der Waals surface area contributed by atoms with Gasteiger partial charge in [-0.3, -0.25) is 4.79 Å². The lowest BCUT2D eigenvalue weighted by molar-refractivity contribution is -0.132. The molecule has 0 bridgehead atoms. The van der Waals surface area contributed by atoms with Crippen molar-refractivity contribution in [2.24, 2.45) is 0 Å². The minimum absolute atomic E-state index is 0.376. The van der Waals surface area contributed by atoms with Crippen LogP contribution >= 0.6 is 0 Å². The van der Waals surface area contributed by atoms with Crippen LogP contribution in [0.5, 0.6) is 0 Å². The molecule has 0 aromatic carbocycles. The maximum atomic E-state index is 12.6. The van der Waals surface area contributed by atoms with Crippen molar-refractivity contribution >= 4 is 5.91 Å². The summed E-state index contributed by atoms with van der Waals surface area (Å²) in [7, 11) is 0. The van der Waals surface area contributed by atoms with Gasteiger partial charge in [-0.25, -0.2) is 0 Å². The monoisotopic (exact) mass is 922 g/mol. The Kier molecular flexibility index (Phi) is 53.7. The number of amides is 1. The van der Waals surface area contributed by atoms with Crippen LogP contribution < -0.4 is 5.32 Å². The lowest BCUT2D eigenvalue weighted by atomic mass is 9.99. The zero-order valence-electron chi connectivity index (χ0n) is 44.3. The number of carbonyl (C=O) groups excluding carboxylic acids is 1. The Morgan fingerprint density at radius 1 is 0.323 bits per heavy atom. The van der Waals surface area contributed by atoms with Crippen LogP contribution in [0.25, 0.3) is 0 Å². The molecule has 65 heavy (non-hydrogen) atoms. The van der Waals surface area contributed by atoms with Crippen LogP contribution in [-0.4, -0.2) is 57.3 Å². The summed E-state index contributed by atoms with van der Waals surface area (Å²) >= 11 is 0. The summed E-state index contributed by atoms with van der Waals surface area (Å²) in [4.78, 5) is 12.6. The minimum Gasteiger partial charge on any atom is -0.394 e. The average Bonchev–Trinajstić information content (AvgIpc) is 3.31. The maximum absolute atomic E-state index is 12.6. The van der Waals surface area contributed by atoms with Gasteiger partial charge in [0.15, 0.2) is 0 Å². The number of hydrogen-bond donors (Lipinski definition) is 5. The van der Waals surface area contributed by atoms with Gasteiger partial charge in [-0.05, 0) is 12.8 Å². The van der Waals surface area contributed by atoms with Crippen molar-refractivity contribution in [1.82, 2.24) is 5.32 Å². The highest BCUT2D eigenvalue weighted by Crippen LogP contribution is 2.19. The first-order valence-corrected chi connectivity index (χ1v) is 29.9. The Morgan fingerprint density at radius 2 is 0.523 bits per heavy atom. The summed E-state index contributed by atoms with van der Waals surface area (Å²) in [5.41, 5.74) is 0. The Morgan fingerprint density at radius 3 is 0.738 bits per heavy atom. The summed E-state index contributed by atoms with van der Waals surface area (Å²) in [6.45, 7) is 4.11. The second-order valence-electron chi connectivity index (χ2n) is 21.1. The van der Waals surface area contributed by atoms with Gasteiger partial charge in [0.25, 0.3) is 0 Å². The van der Waals surface area contributed by atoms with E-state index in [2.05, 4.69) is 19.2 Å². The first-order valence-electron chi connectivity index (χ1n) is 29.9. The van der Waals surface area contributed by atoms with E-state index in [0.29, 0.717) is 12.8 Å². The molecule has 0 spiro atoms. The molecule has 4 unspecified atom stereocenters. The van der Waals surface area contributed by atoms with Gasteiger partial charge in [-0.1, -0.05) is 328 Å². The molecular weight excluding hydrogens is 803 g/mol. The summed E-state index contributed by atoms with van der Waals surface area (Å²) in [6.07, 6.45) is 63.2. The molecule has 390 valence electrons. The molecule has 0 aliphatic heterocycles. The van der Waals surface area contributed by atoms with Crippen LogP contribution in [0, 0.1) is 0 Å². The van der Waals surface area contributed by atoms with Crippen LogP contribution in [0.15, 0.2) is 0 Å². The van der Waals surface area contributed by atoms with Gasteiger partial charge in [0, 0.05) is 0 Å². The van der Waals surface area contributed by atoms with Crippen molar-refractivity contribution in [3.8, 4) is 0 Å². The van der Waals surface area contributed by atoms with E-state index in [1.807, 2.05) is 0 Å². The predicted octanol–water partition coefficient (Wildman–Crippen LogP) is 17.5. The van der Waals surface area contributed by atoms with Crippen LogP contribution in [0.2, 0.25) is 0 Å². The number of hydrogen-bond acceptors (Lipinski definition) is 5. The molecule has 6 heteroatoms. The van der Waals surface area contributed by atoms with Crippen molar-refractivity contribution in [3.63, 3.8) is 0 Å². The molecule has 0 heterocycles. The van der Waals surface area contributed by atoms with E-state index in [-0.39, 0.29) is 0 Å². The Bertz CT molecular complexity index is 902. The molecule has 0 aromatic heterocycles. The molecule has 0 aliphatic rings. The van der Waals surface area contributed by atoms with Crippen molar-refractivity contribution in [3.05, 3.63) is 0 Å². The number of nitrogens with one attached hydrogen (secondary N) is 1. The van der Waals surface area contributed by atoms with Crippen molar-refractivity contribution in [2.75, 3.05) is 6.61 Å². The number of aliphatic hydroxyl groups excluding tert-OH is 4. The zero-order valence-corrected chi connectivity index (χ0v) is 44.3. The summed E-state index contributed by atoms with van der Waals surface area (Å²) < 4.78 is 0. The average molecular weight is 923 g/mol. The Balaban J connectivity index is 3.56. The van der Waals surface area contributed by atoms with Gasteiger partial charge in [0.05, 0.1) is 18.8 Å². The number of aliphatic hydroxyl groups is 4. The van der Waals surface area contributed by atoms with Crippen molar-refractivity contribution in [1.29, 1.82) is 0 Å². The molecule has 0 fully saturated rings. The third-order valence-electron chi connectivity index (χ3n) is 14.6. The molecule has 1 amide bonds. The quantitative estimate of drug-likeness (QED) is 0.0390. The second kappa shape index (κ2) is 54.3. The summed E-state index contributed by atoms with van der Waals surface area (Å²) in [5, 5.41) is 44.1. The van der Waals surface area contributed by atoms with Gasteiger partial charge < -0.3 is 25.7 Å². The highest BCUT2D eigenvalue weighted by atomic mass is 16.3. The fourth-order valence-electron chi connectivity index (χ4n) is 9.88. The maximum Gasteiger partial charge on any atom is 0.249 e. The predicted molar refractivity (Wildman–Crippen MR) is 284 cm³/mol. The van der Waals surface area contributed by atoms with Gasteiger partial charge in [0.2, 0.25) is 5.91 Å². The molecule has 0 aromatic rings. The molecule has 6 nitrogen and oxygen atoms in total. The standard InChI is InChI=1S/C59H119NO5/c1-3-5-7-9-11-13-15-17-19-21-23-25-27-28-29-30-31-33-35-37-39-41-43-45-47-49-51-53-57(63)59(65)60-55(54-61)58(64)56(62)52-50-48-46-44-42-40-38-36-34-32-26-24-22-20-18-16-14-12-10-8-6-4-2/h55-58,61-64H,3-54H2,1-2H3,(H,60,65). The fraction of sp³-hybridized carbons (Fsp3) is 0.983. The normalized spacial score (nSPS) is 13.6. The molecule has 0 saturated heterocycles. The van der Waals surface area contributed by atoms with Crippen LogP contribution in [0.4, 0.5) is 0 Å². The lowest BCUT2D eigenvalue weighted by Gasteiger charge is -2.27. The number of rotatable bonds is 56. The van der Waals surface area contributed by atoms with E-state index >= 15 is 0 Å². The van der Waals surface area contributed by atoms with E-state index in [9.17, 15) is 25.2 Å². The van der Waals surface area contributed by atoms with Crippen molar-refractivity contribution < 1.29 is 25.2 Å². The Labute approximate surface area is 407 Å². The van der Waals surface area contributed by atoms with E-state index in [1.165, 1.54) is 276 Å². The molecular formula is C59H119NO5. The van der Waals surface area contributed by atoms with E-state index in [1.54, 1.807) is 0 Å². The Hall–Kier alpha value is -0.690. The van der Waals surface area contributed by atoms with Gasteiger partial charge >= 0.3 is 0 Å². The topological polar surface area (TPSA) is 110 Å². The van der Waals surface area contributed by atoms with Crippen LogP contribution in [-0.2, 0) is 4.79 Å². The fourth-order valence-corrected chi connectivity index (χ4v) is 9.88. The van der Waals surface area contributed by atoms with Crippen LogP contribution in [0.1, 0.15) is 341 Å². The molecule has 0 rings (SSSR count). The smallest absolute Gasteiger partial charge is 0.249 e. The molecule has 0 aliphatic carbocycles. The summed E-state index contributed by atoms with van der Waals surface area (Å²) in [5.74, 6) is -0.575. The molecule has 0 radical (unpaired) electrons. The van der Waals surface area contributed by atoms with Crippen molar-refractivity contribution in [2.45, 2.75) is 366 Å². The summed E-state index contributed by atoms with van der Waals surface area (Å²) in [6, 6.07) is -0.981. The highest BCUT2D eigenvalue weighted by molar-refractivity contribution is 5.80. The van der Waals surface area contributed by atoms with Gasteiger partial charge in [-0.2, -0.15) is 0 Å². The molecule has 5 N–H and O–H groups in total. The number of carbonyl (C=O) groups is 1. The van der Waals surface area contributed by atoms with Crippen LogP contribution in [0.3, 0.4) is 0 Å². The van der Waals surface area contributed by atoms with E-state index in [4.69, 9.17) is 0 Å². The lowest BCUT2D eigenvalue weighted by Crippen LogP contribution is -2.53. The molecule has 4 atom stereocenters. The highest BCUT2D eigenvalue weighted by Gasteiger charge is 2.28. The largest absolute Gasteiger partial charge is 0.394 e. The van der Waals surface area contributed by atoms with E-state index in [0.717, 1.165) is 38.5 Å². The zero-order chi connectivity index (χ0) is 47.4. The number of unbranched alkanes of at least 4 members (excludes halogenated alkanes) is 47. The van der Waals surface area contributed by atoms with Gasteiger partial charge in [0.1, 0.15) is 12.2 Å². The first-order chi connectivity index (χ1) is 32.0. The third kappa shape index (κ3) is 48.1. The second-order valence-corrected chi connectivity index (χ2v) is 21.1.